The molecule has 0 radical (unpaired) electrons. The molecule has 6 aromatic heterocycles. The predicted molar refractivity (Wildman–Crippen MR) is 292 cm³/mol. The van der Waals surface area contributed by atoms with Crippen molar-refractivity contribution in [3.8, 4) is 34.2 Å². The lowest BCUT2D eigenvalue weighted by molar-refractivity contribution is 0.00578. The Labute approximate surface area is 457 Å². The van der Waals surface area contributed by atoms with Gasteiger partial charge >= 0.3 is 7.12 Å². The Hall–Kier alpha value is -7.36. The highest BCUT2D eigenvalue weighted by atomic mass is 35.5. The Balaban J connectivity index is 0.000000122. The first-order valence-corrected chi connectivity index (χ1v) is 26.3. The van der Waals surface area contributed by atoms with Gasteiger partial charge in [0.05, 0.1) is 74.3 Å². The molecule has 0 spiro atoms. The second-order valence-corrected chi connectivity index (χ2v) is 22.1. The highest BCUT2D eigenvalue weighted by Gasteiger charge is 2.51. The quantitative estimate of drug-likeness (QED) is 0.100. The molecule has 4 aliphatic rings. The van der Waals surface area contributed by atoms with Gasteiger partial charge in [-0.15, -0.1) is 11.7 Å². The van der Waals surface area contributed by atoms with E-state index in [1.165, 1.54) is 18.2 Å². The molecule has 14 nitrogen and oxygen atoms in total. The molecule has 0 amide bonds. The summed E-state index contributed by atoms with van der Waals surface area (Å²) in [7, 11) is -0.241. The Kier molecular flexibility index (Phi) is 14.9. The lowest BCUT2D eigenvalue weighted by Gasteiger charge is -2.32. The molecular weight excluding hydrogens is 1040 g/mol. The molecule has 0 bridgehead atoms. The lowest BCUT2D eigenvalue weighted by Crippen LogP contribution is -2.41. The average Bonchev–Trinajstić information content (AvgIpc) is 4.48. The first-order valence-electron chi connectivity index (χ1n) is 25.9. The standard InChI is InChI=1S/C17H16F2N4.C17H14F2N4.C14H9ClF2N4.C9H17BO2/c2*1-9(2)14-5-10(8-20-22-14)17-21-15-6-12(18)13(19)7-16(15)23(17)11-3-4-11;15-13-3-7(6-18-20-13)14-19-11-4-9(16)10(17)5-12(11)21(14)8-1-2-8;1-7(2)10-11-8(3,4)9(5,6)12-10/h5-9,11H,3-4H2,1-2H3;5-8,11H,1,3-4H2,2H3;3-6,8H,1-2H2;1H2,2-6H3. The van der Waals surface area contributed by atoms with Crippen LogP contribution in [-0.4, -0.2) is 77.6 Å². The van der Waals surface area contributed by atoms with Crippen LogP contribution in [0, 0.1) is 34.9 Å². The first-order chi connectivity index (χ1) is 37.5. The van der Waals surface area contributed by atoms with Crippen LogP contribution in [0.1, 0.15) is 129 Å². The molecule has 4 fully saturated rings. The predicted octanol–water partition coefficient (Wildman–Crippen LogP) is 14.3. The van der Waals surface area contributed by atoms with Gasteiger partial charge in [0.2, 0.25) is 0 Å². The summed E-state index contributed by atoms with van der Waals surface area (Å²) >= 11 is 5.86. The third kappa shape index (κ3) is 11.4. The van der Waals surface area contributed by atoms with Gasteiger partial charge in [0, 0.05) is 71.2 Å². The number of halogens is 7. The van der Waals surface area contributed by atoms with Gasteiger partial charge < -0.3 is 23.0 Å². The van der Waals surface area contributed by atoms with Crippen LogP contribution in [0.4, 0.5) is 26.3 Å². The van der Waals surface area contributed by atoms with Gasteiger partial charge in [0.1, 0.15) is 17.5 Å². The average molecular weight is 1100 g/mol. The fourth-order valence-corrected chi connectivity index (χ4v) is 9.14. The molecule has 1 saturated heterocycles. The molecule has 3 aliphatic carbocycles. The number of rotatable bonds is 9. The number of hydrogen-bond donors (Lipinski definition) is 0. The van der Waals surface area contributed by atoms with E-state index in [9.17, 15) is 26.3 Å². The van der Waals surface area contributed by atoms with Gasteiger partial charge in [0.15, 0.2) is 40.1 Å². The summed E-state index contributed by atoms with van der Waals surface area (Å²) < 4.78 is 98.6. The van der Waals surface area contributed by atoms with E-state index < -0.39 is 34.9 Å². The molecule has 7 heterocycles. The minimum absolute atomic E-state index is 0.239. The van der Waals surface area contributed by atoms with Gasteiger partial charge in [-0.1, -0.05) is 37.5 Å². The largest absolute Gasteiger partial charge is 0.489 e. The second-order valence-electron chi connectivity index (χ2n) is 21.7. The van der Waals surface area contributed by atoms with E-state index in [-0.39, 0.29) is 47.5 Å². The summed E-state index contributed by atoms with van der Waals surface area (Å²) in [4.78, 5) is 13.5. The molecule has 22 heteroatoms. The van der Waals surface area contributed by atoms with E-state index in [1.807, 2.05) is 81.2 Å². The van der Waals surface area contributed by atoms with E-state index in [1.54, 1.807) is 24.7 Å². The van der Waals surface area contributed by atoms with Gasteiger partial charge in [-0.3, -0.25) is 0 Å². The van der Waals surface area contributed by atoms with Crippen molar-refractivity contribution in [2.75, 3.05) is 0 Å². The fraction of sp³-hybridized carbons (Fsp3) is 0.351. The van der Waals surface area contributed by atoms with E-state index in [4.69, 9.17) is 20.9 Å². The number of allylic oxidation sites excluding steroid dienone is 2. The molecular formula is C57H56BClF6N12O2. The fourth-order valence-electron chi connectivity index (χ4n) is 8.98. The van der Waals surface area contributed by atoms with Crippen molar-refractivity contribution in [1.29, 1.82) is 0 Å². The molecule has 408 valence electrons. The zero-order valence-electron chi connectivity index (χ0n) is 44.8. The van der Waals surface area contributed by atoms with Crippen molar-refractivity contribution < 1.29 is 35.7 Å². The van der Waals surface area contributed by atoms with Crippen LogP contribution < -0.4 is 0 Å². The molecule has 0 N–H and O–H groups in total. The van der Waals surface area contributed by atoms with Gasteiger partial charge in [0.25, 0.3) is 0 Å². The van der Waals surface area contributed by atoms with Crippen molar-refractivity contribution in [2.45, 2.75) is 129 Å². The molecule has 9 aromatic rings. The topological polar surface area (TPSA) is 149 Å². The molecule has 13 rings (SSSR count). The number of benzene rings is 3. The van der Waals surface area contributed by atoms with E-state index in [2.05, 4.69) is 58.7 Å². The molecule has 0 atom stereocenters. The summed E-state index contributed by atoms with van der Waals surface area (Å²) in [6, 6.07) is 13.3. The maximum atomic E-state index is 13.7. The Bertz CT molecular complexity index is 3830. The van der Waals surface area contributed by atoms with E-state index >= 15 is 0 Å². The number of aromatic nitrogens is 12. The van der Waals surface area contributed by atoms with Crippen molar-refractivity contribution in [1.82, 2.24) is 59.2 Å². The van der Waals surface area contributed by atoms with Gasteiger partial charge in [-0.05, 0) is 110 Å². The lowest BCUT2D eigenvalue weighted by atomic mass is 9.81. The van der Waals surface area contributed by atoms with Crippen molar-refractivity contribution in [2.24, 2.45) is 0 Å². The second kappa shape index (κ2) is 21.4. The number of nitrogens with zero attached hydrogens (tertiary/aromatic N) is 12. The monoisotopic (exact) mass is 1100 g/mol. The summed E-state index contributed by atoms with van der Waals surface area (Å²) in [5.41, 5.74) is 8.21. The van der Waals surface area contributed by atoms with E-state index in [0.717, 1.165) is 84.6 Å². The minimum atomic E-state index is -0.902. The number of imidazole rings is 3. The van der Waals surface area contributed by atoms with Gasteiger partial charge in [-0.25, -0.2) is 41.3 Å². The number of hydrogen-bond acceptors (Lipinski definition) is 11. The first kappa shape index (κ1) is 55.0. The van der Waals surface area contributed by atoms with Crippen LogP contribution in [0.2, 0.25) is 5.15 Å². The SMILES string of the molecule is C=C(C)B1OC(C)(C)C(C)(C)O1.C=C(C)c1cc(-c2nc3cc(F)c(F)cc3n2C2CC2)cnn1.CC(C)c1cc(-c2nc3cc(F)c(F)cc3n2C2CC2)cnn1.Fc1cc2nc(-c3cnnc(Cl)c3)n(C3CC3)c2cc1F. The zero-order valence-corrected chi connectivity index (χ0v) is 45.6. The summed E-state index contributed by atoms with van der Waals surface area (Å²) in [5.74, 6) is -3.04. The Morgan fingerprint density at radius 3 is 1.24 bits per heavy atom. The smallest absolute Gasteiger partial charge is 0.400 e. The van der Waals surface area contributed by atoms with Crippen LogP contribution >= 0.6 is 11.6 Å². The van der Waals surface area contributed by atoms with E-state index in [0.29, 0.717) is 61.8 Å². The molecule has 3 aromatic carbocycles. The van der Waals surface area contributed by atoms with Crippen LogP contribution in [0.25, 0.3) is 72.8 Å². The molecule has 3 saturated carbocycles. The van der Waals surface area contributed by atoms with Crippen molar-refractivity contribution in [3.63, 3.8) is 0 Å². The molecule has 1 aliphatic heterocycles. The summed E-state index contributed by atoms with van der Waals surface area (Å²) in [6.07, 6.45) is 10.8. The van der Waals surface area contributed by atoms with Crippen LogP contribution in [0.5, 0.6) is 0 Å². The Morgan fingerprint density at radius 1 is 0.544 bits per heavy atom. The normalized spacial score (nSPS) is 16.4. The maximum absolute atomic E-state index is 13.7. The van der Waals surface area contributed by atoms with Crippen molar-refractivity contribution in [3.05, 3.63) is 143 Å². The van der Waals surface area contributed by atoms with Crippen LogP contribution in [-0.2, 0) is 9.31 Å². The Morgan fingerprint density at radius 2 is 0.899 bits per heavy atom. The number of fused-ring (bicyclic) bond motifs is 3. The maximum Gasteiger partial charge on any atom is 0.489 e. The highest BCUT2D eigenvalue weighted by molar-refractivity contribution is 6.54. The molecule has 79 heavy (non-hydrogen) atoms. The van der Waals surface area contributed by atoms with Crippen LogP contribution in [0.3, 0.4) is 0 Å². The third-order valence-corrected chi connectivity index (χ3v) is 14.5. The zero-order chi connectivity index (χ0) is 56.4. The summed E-state index contributed by atoms with van der Waals surface area (Å²) in [5, 5.41) is 24.0. The van der Waals surface area contributed by atoms with Gasteiger partial charge in [-0.2, -0.15) is 25.5 Å². The molecule has 0 unspecified atom stereocenters. The summed E-state index contributed by atoms with van der Waals surface area (Å²) in [6.45, 7) is 23.7. The van der Waals surface area contributed by atoms with Crippen LogP contribution in [0.15, 0.2) is 91.8 Å². The minimum Gasteiger partial charge on any atom is -0.400 e. The van der Waals surface area contributed by atoms with Crippen molar-refractivity contribution >= 4 is 57.4 Å². The third-order valence-electron chi connectivity index (χ3n) is 14.3. The highest BCUT2D eigenvalue weighted by Crippen LogP contribution is 2.45.